The third-order valence-corrected chi connectivity index (χ3v) is 3.05. The molecule has 0 atom stereocenters. The van der Waals surface area contributed by atoms with Crippen molar-refractivity contribution in [3.8, 4) is 0 Å². The van der Waals surface area contributed by atoms with Crippen LogP contribution in [0, 0.1) is 0 Å². The second kappa shape index (κ2) is 3.20. The van der Waals surface area contributed by atoms with Crippen molar-refractivity contribution in [3.05, 3.63) is 58.9 Å². The topological polar surface area (TPSA) is 47.5 Å². The first-order chi connectivity index (χ1) is 8.84. The van der Waals surface area contributed by atoms with Crippen LogP contribution in [0.5, 0.6) is 0 Å². The summed E-state index contributed by atoms with van der Waals surface area (Å²) in [6.07, 6.45) is 0. The molecule has 2 aromatic heterocycles. The van der Waals surface area contributed by atoms with Crippen LogP contribution in [0.15, 0.2) is 57.7 Å². The SMILES string of the molecule is O=c1c2ccccc2oc2nc3ccccc3n12. The molecule has 0 amide bonds. The lowest BCUT2D eigenvalue weighted by molar-refractivity contribution is 0.616. The average Bonchev–Trinajstić information content (AvgIpc) is 2.77. The fourth-order valence-electron chi connectivity index (χ4n) is 2.22. The number of para-hydroxylation sites is 3. The van der Waals surface area contributed by atoms with Crippen LogP contribution in [0.3, 0.4) is 0 Å². The van der Waals surface area contributed by atoms with E-state index < -0.39 is 0 Å². The summed E-state index contributed by atoms with van der Waals surface area (Å²) in [5.74, 6) is 0.333. The molecule has 2 aromatic carbocycles. The molecule has 0 aliphatic rings. The molecule has 4 aromatic rings. The molecule has 18 heavy (non-hydrogen) atoms. The minimum Gasteiger partial charge on any atom is -0.424 e. The van der Waals surface area contributed by atoms with Crippen molar-refractivity contribution in [2.24, 2.45) is 0 Å². The van der Waals surface area contributed by atoms with Gasteiger partial charge in [-0.2, -0.15) is 4.98 Å². The molecule has 0 bridgehead atoms. The highest BCUT2D eigenvalue weighted by molar-refractivity contribution is 5.83. The molecule has 0 saturated carbocycles. The Morgan fingerprint density at radius 3 is 2.72 bits per heavy atom. The Labute approximate surface area is 101 Å². The van der Waals surface area contributed by atoms with E-state index in [0.717, 1.165) is 11.0 Å². The van der Waals surface area contributed by atoms with Crippen molar-refractivity contribution in [3.63, 3.8) is 0 Å². The lowest BCUT2D eigenvalue weighted by Crippen LogP contribution is -2.12. The van der Waals surface area contributed by atoms with Crippen LogP contribution in [0.4, 0.5) is 0 Å². The second-order valence-corrected chi connectivity index (χ2v) is 4.12. The molecule has 0 unspecified atom stereocenters. The highest BCUT2D eigenvalue weighted by Crippen LogP contribution is 2.18. The Balaban J connectivity index is 2.39. The number of imidazole rings is 1. The Hall–Kier alpha value is -2.62. The number of hydrogen-bond donors (Lipinski definition) is 0. The smallest absolute Gasteiger partial charge is 0.310 e. The lowest BCUT2D eigenvalue weighted by atomic mass is 10.2. The average molecular weight is 236 g/mol. The van der Waals surface area contributed by atoms with Crippen LogP contribution in [-0.4, -0.2) is 9.38 Å². The monoisotopic (exact) mass is 236 g/mol. The zero-order valence-electron chi connectivity index (χ0n) is 9.33. The predicted molar refractivity (Wildman–Crippen MR) is 68.7 cm³/mol. The minimum absolute atomic E-state index is 0.0967. The Bertz CT molecular complexity index is 950. The van der Waals surface area contributed by atoms with Crippen LogP contribution >= 0.6 is 0 Å². The summed E-state index contributed by atoms with van der Waals surface area (Å²) < 4.78 is 7.18. The van der Waals surface area contributed by atoms with Gasteiger partial charge in [-0.3, -0.25) is 4.79 Å². The van der Waals surface area contributed by atoms with Gasteiger partial charge in [0.25, 0.3) is 5.56 Å². The van der Waals surface area contributed by atoms with Crippen molar-refractivity contribution in [2.45, 2.75) is 0 Å². The fraction of sp³-hybridized carbons (Fsp3) is 0. The van der Waals surface area contributed by atoms with Gasteiger partial charge in [0, 0.05) is 0 Å². The maximum atomic E-state index is 12.4. The molecule has 4 nitrogen and oxygen atoms in total. The van der Waals surface area contributed by atoms with Crippen molar-refractivity contribution in [2.75, 3.05) is 0 Å². The first-order valence-electron chi connectivity index (χ1n) is 5.64. The summed E-state index contributed by atoms with van der Waals surface area (Å²) in [7, 11) is 0. The number of rotatable bonds is 0. The molecule has 4 heteroatoms. The summed E-state index contributed by atoms with van der Waals surface area (Å²) in [5.41, 5.74) is 1.99. The van der Waals surface area contributed by atoms with Gasteiger partial charge in [0.15, 0.2) is 0 Å². The van der Waals surface area contributed by atoms with Crippen molar-refractivity contribution in [1.29, 1.82) is 0 Å². The molecule has 0 fully saturated rings. The lowest BCUT2D eigenvalue weighted by Gasteiger charge is -1.97. The van der Waals surface area contributed by atoms with Gasteiger partial charge in [-0.05, 0) is 24.3 Å². The molecule has 0 saturated heterocycles. The van der Waals surface area contributed by atoms with Gasteiger partial charge < -0.3 is 4.42 Å². The highest BCUT2D eigenvalue weighted by Gasteiger charge is 2.11. The third-order valence-electron chi connectivity index (χ3n) is 3.05. The molecule has 0 aliphatic heterocycles. The molecular weight excluding hydrogens is 228 g/mol. The summed E-state index contributed by atoms with van der Waals surface area (Å²) in [4.78, 5) is 16.7. The Kier molecular flexibility index (Phi) is 1.67. The molecule has 0 radical (unpaired) electrons. The largest absolute Gasteiger partial charge is 0.424 e. The van der Waals surface area contributed by atoms with Crippen LogP contribution in [0.2, 0.25) is 0 Å². The van der Waals surface area contributed by atoms with Crippen molar-refractivity contribution >= 4 is 27.8 Å². The van der Waals surface area contributed by atoms with Crippen LogP contribution in [0.1, 0.15) is 0 Å². The van der Waals surface area contributed by atoms with Crippen LogP contribution < -0.4 is 5.56 Å². The van der Waals surface area contributed by atoms with E-state index in [4.69, 9.17) is 4.42 Å². The maximum absolute atomic E-state index is 12.4. The zero-order valence-corrected chi connectivity index (χ0v) is 9.33. The normalized spacial score (nSPS) is 11.6. The third kappa shape index (κ3) is 1.09. The van der Waals surface area contributed by atoms with E-state index in [9.17, 15) is 4.79 Å². The summed E-state index contributed by atoms with van der Waals surface area (Å²) in [6, 6.07) is 14.7. The summed E-state index contributed by atoms with van der Waals surface area (Å²) >= 11 is 0. The minimum atomic E-state index is -0.0967. The van der Waals surface area contributed by atoms with E-state index >= 15 is 0 Å². The molecule has 2 heterocycles. The van der Waals surface area contributed by atoms with E-state index in [1.54, 1.807) is 12.1 Å². The standard InChI is InChI=1S/C14H8N2O2/c17-13-9-5-1-4-8-12(9)18-14-15-10-6-2-3-7-11(10)16(13)14/h1-8H. The van der Waals surface area contributed by atoms with Crippen molar-refractivity contribution < 1.29 is 4.42 Å². The Morgan fingerprint density at radius 2 is 1.78 bits per heavy atom. The summed E-state index contributed by atoms with van der Waals surface area (Å²) in [6.45, 7) is 0. The van der Waals surface area contributed by atoms with E-state index in [-0.39, 0.29) is 5.56 Å². The number of aromatic nitrogens is 2. The van der Waals surface area contributed by atoms with Gasteiger partial charge in [-0.25, -0.2) is 4.40 Å². The van der Waals surface area contributed by atoms with E-state index in [1.165, 1.54) is 4.40 Å². The number of benzene rings is 2. The molecular formula is C14H8N2O2. The fourth-order valence-corrected chi connectivity index (χ4v) is 2.22. The molecule has 4 rings (SSSR count). The number of hydrogen-bond acceptors (Lipinski definition) is 3. The van der Waals surface area contributed by atoms with Gasteiger partial charge in [-0.15, -0.1) is 0 Å². The van der Waals surface area contributed by atoms with E-state index in [1.807, 2.05) is 36.4 Å². The van der Waals surface area contributed by atoms with Gasteiger partial charge in [0.1, 0.15) is 5.58 Å². The number of fused-ring (bicyclic) bond motifs is 4. The summed E-state index contributed by atoms with van der Waals surface area (Å²) in [5, 5.41) is 0.563. The number of nitrogens with zero attached hydrogens (tertiary/aromatic N) is 2. The predicted octanol–water partition coefficient (Wildman–Crippen LogP) is 2.59. The molecule has 86 valence electrons. The van der Waals surface area contributed by atoms with Gasteiger partial charge in [0.05, 0.1) is 16.4 Å². The quantitative estimate of drug-likeness (QED) is 0.471. The van der Waals surface area contributed by atoms with E-state index in [0.29, 0.717) is 16.8 Å². The first-order valence-corrected chi connectivity index (χ1v) is 5.64. The highest BCUT2D eigenvalue weighted by atomic mass is 16.3. The van der Waals surface area contributed by atoms with Gasteiger partial charge in [-0.1, -0.05) is 24.3 Å². The van der Waals surface area contributed by atoms with Crippen molar-refractivity contribution in [1.82, 2.24) is 9.38 Å². The van der Waals surface area contributed by atoms with E-state index in [2.05, 4.69) is 4.98 Å². The van der Waals surface area contributed by atoms with Crippen LogP contribution in [-0.2, 0) is 0 Å². The molecule has 0 N–H and O–H groups in total. The van der Waals surface area contributed by atoms with Crippen LogP contribution in [0.25, 0.3) is 27.8 Å². The molecule has 0 aliphatic carbocycles. The molecule has 0 spiro atoms. The maximum Gasteiger partial charge on any atom is 0.310 e. The van der Waals surface area contributed by atoms with Gasteiger partial charge >= 0.3 is 5.84 Å². The second-order valence-electron chi connectivity index (χ2n) is 4.12. The first kappa shape index (κ1) is 9.41. The van der Waals surface area contributed by atoms with Gasteiger partial charge in [0.2, 0.25) is 0 Å². The Morgan fingerprint density at radius 1 is 1.00 bits per heavy atom. The zero-order chi connectivity index (χ0) is 12.1.